The molecule has 29 heavy (non-hydrogen) atoms. The van der Waals surface area contributed by atoms with Gasteiger partial charge in [-0.2, -0.15) is 5.10 Å². The summed E-state index contributed by atoms with van der Waals surface area (Å²) in [7, 11) is 0. The van der Waals surface area contributed by atoms with E-state index in [2.05, 4.69) is 10.4 Å². The van der Waals surface area contributed by atoms with E-state index in [9.17, 15) is 4.79 Å². The van der Waals surface area contributed by atoms with Crippen molar-refractivity contribution in [2.75, 3.05) is 0 Å². The monoisotopic (exact) mass is 427 g/mol. The van der Waals surface area contributed by atoms with Crippen molar-refractivity contribution in [1.29, 1.82) is 0 Å². The first kappa shape index (κ1) is 20.0. The first-order valence-electron chi connectivity index (χ1n) is 9.94. The topological polar surface area (TPSA) is 46.9 Å². The van der Waals surface area contributed by atoms with E-state index in [1.54, 1.807) is 23.0 Å². The number of aryl methyl sites for hydroxylation is 1. The number of carbonyl (C=O) groups excluding carboxylic acids is 1. The first-order chi connectivity index (χ1) is 14.0. The quantitative estimate of drug-likeness (QED) is 0.537. The SMILES string of the molecule is Cc1ccc(-c2c(C(=O)NC3CCCCC3)cnn2-c2ccc(Cl)cc2Cl)cc1. The molecule has 0 spiro atoms. The van der Waals surface area contributed by atoms with Crippen LogP contribution in [0.15, 0.2) is 48.7 Å². The van der Waals surface area contributed by atoms with E-state index in [1.165, 1.54) is 6.42 Å². The minimum absolute atomic E-state index is 0.0937. The Morgan fingerprint density at radius 1 is 1.07 bits per heavy atom. The van der Waals surface area contributed by atoms with Gasteiger partial charge in [0.2, 0.25) is 0 Å². The molecule has 1 saturated carbocycles. The molecule has 1 N–H and O–H groups in total. The fourth-order valence-electron chi connectivity index (χ4n) is 3.85. The lowest BCUT2D eigenvalue weighted by Gasteiger charge is -2.22. The summed E-state index contributed by atoms with van der Waals surface area (Å²) in [6.07, 6.45) is 7.25. The normalized spacial score (nSPS) is 14.7. The number of nitrogens with one attached hydrogen (secondary N) is 1. The number of nitrogens with zero attached hydrogens (tertiary/aromatic N) is 2. The predicted molar refractivity (Wildman–Crippen MR) is 118 cm³/mol. The smallest absolute Gasteiger partial charge is 0.255 e. The number of rotatable bonds is 4. The summed E-state index contributed by atoms with van der Waals surface area (Å²) in [6, 6.07) is 13.6. The second-order valence-electron chi connectivity index (χ2n) is 7.59. The zero-order chi connectivity index (χ0) is 20.4. The van der Waals surface area contributed by atoms with Crippen molar-refractivity contribution in [3.63, 3.8) is 0 Å². The minimum atomic E-state index is -0.0937. The van der Waals surface area contributed by atoms with E-state index in [0.717, 1.165) is 42.5 Å². The number of hydrogen-bond acceptors (Lipinski definition) is 2. The highest BCUT2D eigenvalue weighted by molar-refractivity contribution is 6.35. The van der Waals surface area contributed by atoms with Gasteiger partial charge in [0.25, 0.3) is 5.91 Å². The van der Waals surface area contributed by atoms with Crippen molar-refractivity contribution >= 4 is 29.1 Å². The standard InChI is InChI=1S/C23H23Cl2N3O/c1-15-7-9-16(10-8-15)22-19(23(29)27-18-5-3-2-4-6-18)14-26-28(22)21-12-11-17(24)13-20(21)25/h7-14,18H,2-6H2,1H3,(H,27,29). The van der Waals surface area contributed by atoms with E-state index in [0.29, 0.717) is 21.3 Å². The van der Waals surface area contributed by atoms with Gasteiger partial charge in [-0.05, 0) is 38.0 Å². The van der Waals surface area contributed by atoms with Gasteiger partial charge < -0.3 is 5.32 Å². The lowest BCUT2D eigenvalue weighted by molar-refractivity contribution is 0.0928. The molecule has 1 aliphatic rings. The summed E-state index contributed by atoms with van der Waals surface area (Å²) in [6.45, 7) is 2.04. The summed E-state index contributed by atoms with van der Waals surface area (Å²) < 4.78 is 1.72. The van der Waals surface area contributed by atoms with E-state index in [-0.39, 0.29) is 11.9 Å². The molecule has 1 fully saturated rings. The molecule has 6 heteroatoms. The average molecular weight is 428 g/mol. The van der Waals surface area contributed by atoms with Crippen molar-refractivity contribution in [2.45, 2.75) is 45.1 Å². The summed E-state index contributed by atoms with van der Waals surface area (Å²) in [5, 5.41) is 8.75. The highest BCUT2D eigenvalue weighted by atomic mass is 35.5. The molecule has 150 valence electrons. The van der Waals surface area contributed by atoms with Gasteiger partial charge in [-0.25, -0.2) is 4.68 Å². The number of amides is 1. The lowest BCUT2D eigenvalue weighted by atomic mass is 9.95. The van der Waals surface area contributed by atoms with E-state index < -0.39 is 0 Å². The molecule has 4 rings (SSSR count). The van der Waals surface area contributed by atoms with Gasteiger partial charge in [-0.3, -0.25) is 4.79 Å². The van der Waals surface area contributed by atoms with Gasteiger partial charge >= 0.3 is 0 Å². The van der Waals surface area contributed by atoms with Crippen LogP contribution in [0.4, 0.5) is 0 Å². The highest BCUT2D eigenvalue weighted by Gasteiger charge is 2.24. The Morgan fingerprint density at radius 2 is 1.79 bits per heavy atom. The maximum Gasteiger partial charge on any atom is 0.255 e. The van der Waals surface area contributed by atoms with Gasteiger partial charge in [0.15, 0.2) is 0 Å². The van der Waals surface area contributed by atoms with Crippen molar-refractivity contribution in [2.24, 2.45) is 0 Å². The third kappa shape index (κ3) is 4.34. The van der Waals surface area contributed by atoms with Crippen LogP contribution in [-0.2, 0) is 0 Å². The van der Waals surface area contributed by atoms with Crippen LogP contribution in [0, 0.1) is 6.92 Å². The molecule has 4 nitrogen and oxygen atoms in total. The van der Waals surface area contributed by atoms with E-state index in [4.69, 9.17) is 23.2 Å². The van der Waals surface area contributed by atoms with Gasteiger partial charge in [-0.15, -0.1) is 0 Å². The molecule has 1 aromatic heterocycles. The van der Waals surface area contributed by atoms with Crippen LogP contribution in [0.3, 0.4) is 0 Å². The van der Waals surface area contributed by atoms with Crippen LogP contribution >= 0.6 is 23.2 Å². The summed E-state index contributed by atoms with van der Waals surface area (Å²) in [5.41, 5.74) is 4.02. The van der Waals surface area contributed by atoms with Crippen molar-refractivity contribution in [3.8, 4) is 16.9 Å². The van der Waals surface area contributed by atoms with Crippen LogP contribution < -0.4 is 5.32 Å². The Balaban J connectivity index is 1.78. The number of aromatic nitrogens is 2. The first-order valence-corrected chi connectivity index (χ1v) is 10.7. The maximum absolute atomic E-state index is 13.1. The van der Waals surface area contributed by atoms with Crippen molar-refractivity contribution in [1.82, 2.24) is 15.1 Å². The van der Waals surface area contributed by atoms with Crippen LogP contribution in [-0.4, -0.2) is 21.7 Å². The Bertz CT molecular complexity index is 1020. The number of carbonyl (C=O) groups is 1. The second kappa shape index (κ2) is 8.60. The highest BCUT2D eigenvalue weighted by Crippen LogP contribution is 2.31. The fraction of sp³-hybridized carbons (Fsp3) is 0.304. The van der Waals surface area contributed by atoms with Gasteiger partial charge in [-0.1, -0.05) is 72.3 Å². The number of benzene rings is 2. The Labute approximate surface area is 180 Å². The molecule has 0 unspecified atom stereocenters. The molecule has 3 aromatic rings. The maximum atomic E-state index is 13.1. The molecule has 0 radical (unpaired) electrons. The van der Waals surface area contributed by atoms with Crippen molar-refractivity contribution < 1.29 is 4.79 Å². The molecule has 0 saturated heterocycles. The molecule has 2 aromatic carbocycles. The molecule has 1 aliphatic carbocycles. The molecule has 0 atom stereocenters. The summed E-state index contributed by atoms with van der Waals surface area (Å²) in [4.78, 5) is 13.1. The molecular weight excluding hydrogens is 405 g/mol. The molecule has 1 amide bonds. The molecule has 0 aliphatic heterocycles. The van der Waals surface area contributed by atoms with Crippen LogP contribution in [0.5, 0.6) is 0 Å². The molecule has 0 bridgehead atoms. The molecule has 1 heterocycles. The second-order valence-corrected chi connectivity index (χ2v) is 8.43. The van der Waals surface area contributed by atoms with Crippen LogP contribution in [0.2, 0.25) is 10.0 Å². The zero-order valence-corrected chi connectivity index (χ0v) is 17.8. The summed E-state index contributed by atoms with van der Waals surface area (Å²) in [5.74, 6) is -0.0937. The minimum Gasteiger partial charge on any atom is -0.349 e. The average Bonchev–Trinajstić information content (AvgIpc) is 3.14. The third-order valence-electron chi connectivity index (χ3n) is 5.42. The van der Waals surface area contributed by atoms with E-state index >= 15 is 0 Å². The Hall–Kier alpha value is -2.30. The van der Waals surface area contributed by atoms with Crippen LogP contribution in [0.25, 0.3) is 16.9 Å². The number of hydrogen-bond donors (Lipinski definition) is 1. The fourth-order valence-corrected chi connectivity index (χ4v) is 4.34. The largest absolute Gasteiger partial charge is 0.349 e. The Morgan fingerprint density at radius 3 is 2.48 bits per heavy atom. The third-order valence-corrected chi connectivity index (χ3v) is 5.95. The number of halogens is 2. The molecular formula is C23H23Cl2N3O. The van der Waals surface area contributed by atoms with Crippen molar-refractivity contribution in [3.05, 3.63) is 69.8 Å². The van der Waals surface area contributed by atoms with E-state index in [1.807, 2.05) is 37.3 Å². The predicted octanol–water partition coefficient (Wildman–Crippen LogP) is 6.22. The van der Waals surface area contributed by atoms with Crippen LogP contribution in [0.1, 0.15) is 48.0 Å². The Kier molecular flexibility index (Phi) is 5.93. The van der Waals surface area contributed by atoms with Gasteiger partial charge in [0.1, 0.15) is 0 Å². The lowest BCUT2D eigenvalue weighted by Crippen LogP contribution is -2.36. The van der Waals surface area contributed by atoms with Gasteiger partial charge in [0.05, 0.1) is 28.2 Å². The summed E-state index contributed by atoms with van der Waals surface area (Å²) >= 11 is 12.5. The zero-order valence-electron chi connectivity index (χ0n) is 16.3. The van der Waals surface area contributed by atoms with Gasteiger partial charge in [0, 0.05) is 16.6 Å².